The van der Waals surface area contributed by atoms with Crippen molar-refractivity contribution in [3.05, 3.63) is 53.8 Å². The van der Waals surface area contributed by atoms with E-state index < -0.39 is 23.2 Å². The van der Waals surface area contributed by atoms with Crippen molar-refractivity contribution in [3.8, 4) is 16.9 Å². The molecule has 0 aromatic heterocycles. The molecule has 0 unspecified atom stereocenters. The number of amides is 1. The third-order valence-electron chi connectivity index (χ3n) is 4.05. The van der Waals surface area contributed by atoms with Gasteiger partial charge in [0.2, 0.25) is 0 Å². The number of carbonyl (C=O) groups is 2. The van der Waals surface area contributed by atoms with Gasteiger partial charge >= 0.3 is 5.97 Å². The molecule has 0 aliphatic rings. The molecule has 6 heteroatoms. The van der Waals surface area contributed by atoms with Crippen LogP contribution in [-0.2, 0) is 4.79 Å². The van der Waals surface area contributed by atoms with Gasteiger partial charge in [-0.2, -0.15) is 0 Å². The highest BCUT2D eigenvalue weighted by molar-refractivity contribution is 5.95. The molecule has 0 saturated heterocycles. The molecule has 0 radical (unpaired) electrons. The lowest BCUT2D eigenvalue weighted by Gasteiger charge is -2.25. The van der Waals surface area contributed by atoms with E-state index in [-0.39, 0.29) is 18.4 Å². The monoisotopic (exact) mass is 359 g/mol. The first kappa shape index (κ1) is 19.4. The van der Waals surface area contributed by atoms with Crippen LogP contribution in [0.4, 0.5) is 4.39 Å². The van der Waals surface area contributed by atoms with Crippen molar-refractivity contribution in [3.63, 3.8) is 0 Å². The van der Waals surface area contributed by atoms with E-state index in [9.17, 15) is 14.0 Å². The Kier molecular flexibility index (Phi) is 5.97. The minimum Gasteiger partial charge on any atom is -0.497 e. The molecule has 0 spiro atoms. The van der Waals surface area contributed by atoms with Gasteiger partial charge in [-0.15, -0.1) is 0 Å². The van der Waals surface area contributed by atoms with Gasteiger partial charge in [-0.05, 0) is 55.7 Å². The lowest BCUT2D eigenvalue weighted by atomic mass is 9.97. The molecule has 2 aromatic carbocycles. The third kappa shape index (κ3) is 5.05. The van der Waals surface area contributed by atoms with Gasteiger partial charge in [0, 0.05) is 12.0 Å². The molecule has 138 valence electrons. The zero-order chi connectivity index (χ0) is 19.3. The van der Waals surface area contributed by atoms with E-state index in [2.05, 4.69) is 5.32 Å². The molecule has 0 heterocycles. The van der Waals surface area contributed by atoms with Crippen molar-refractivity contribution in [2.45, 2.75) is 32.2 Å². The molecule has 0 fully saturated rings. The van der Waals surface area contributed by atoms with E-state index in [1.165, 1.54) is 12.1 Å². The summed E-state index contributed by atoms with van der Waals surface area (Å²) in [5.41, 5.74) is 0.618. The van der Waals surface area contributed by atoms with Gasteiger partial charge in [0.15, 0.2) is 0 Å². The summed E-state index contributed by atoms with van der Waals surface area (Å²) >= 11 is 0. The third-order valence-corrected chi connectivity index (χ3v) is 4.05. The second kappa shape index (κ2) is 7.99. The molecular formula is C20H22FNO4. The molecule has 26 heavy (non-hydrogen) atoms. The summed E-state index contributed by atoms with van der Waals surface area (Å²) < 4.78 is 19.5. The van der Waals surface area contributed by atoms with Crippen molar-refractivity contribution in [2.75, 3.05) is 7.11 Å². The molecule has 0 aliphatic carbocycles. The first-order valence-corrected chi connectivity index (χ1v) is 8.20. The predicted octanol–water partition coefficient (Wildman–Crippen LogP) is 3.87. The molecule has 2 aromatic rings. The van der Waals surface area contributed by atoms with Crippen LogP contribution in [0.15, 0.2) is 42.5 Å². The molecule has 0 saturated carbocycles. The standard InChI is InChI=1S/C20H22FNO4/c1-20(2,11-10-18(23)24)22-19(25)16-9-6-14(12-17(16)21)13-4-7-15(26-3)8-5-13/h4-9,12H,10-11H2,1-3H3,(H,22,25)(H,23,24). The Morgan fingerprint density at radius 2 is 1.73 bits per heavy atom. The summed E-state index contributed by atoms with van der Waals surface area (Å²) in [7, 11) is 1.57. The Labute approximate surface area is 151 Å². The number of halogens is 1. The van der Waals surface area contributed by atoms with Gasteiger partial charge in [0.25, 0.3) is 5.91 Å². The summed E-state index contributed by atoms with van der Waals surface area (Å²) in [6.07, 6.45) is 0.172. The van der Waals surface area contributed by atoms with Crippen LogP contribution in [0.2, 0.25) is 0 Å². The Morgan fingerprint density at radius 1 is 1.12 bits per heavy atom. The average Bonchev–Trinajstić information content (AvgIpc) is 2.59. The smallest absolute Gasteiger partial charge is 0.303 e. The van der Waals surface area contributed by atoms with Crippen LogP contribution in [0.5, 0.6) is 5.75 Å². The number of carbonyl (C=O) groups excluding carboxylic acids is 1. The number of rotatable bonds is 7. The molecule has 5 nitrogen and oxygen atoms in total. The first-order valence-electron chi connectivity index (χ1n) is 8.20. The van der Waals surface area contributed by atoms with Gasteiger partial charge < -0.3 is 15.2 Å². The van der Waals surface area contributed by atoms with Crippen LogP contribution in [0.3, 0.4) is 0 Å². The van der Waals surface area contributed by atoms with Crippen LogP contribution >= 0.6 is 0 Å². The van der Waals surface area contributed by atoms with Gasteiger partial charge in [0.05, 0.1) is 12.7 Å². The van der Waals surface area contributed by atoms with E-state index in [1.807, 2.05) is 12.1 Å². The normalized spacial score (nSPS) is 11.1. The molecular weight excluding hydrogens is 337 g/mol. The fraction of sp³-hybridized carbons (Fsp3) is 0.300. The van der Waals surface area contributed by atoms with Crippen molar-refractivity contribution in [2.24, 2.45) is 0 Å². The van der Waals surface area contributed by atoms with Gasteiger partial charge in [-0.3, -0.25) is 9.59 Å². The molecule has 2 rings (SSSR count). The van der Waals surface area contributed by atoms with E-state index >= 15 is 0 Å². The highest BCUT2D eigenvalue weighted by Gasteiger charge is 2.23. The number of aliphatic carboxylic acids is 1. The summed E-state index contributed by atoms with van der Waals surface area (Å²) in [6.45, 7) is 3.41. The number of ether oxygens (including phenoxy) is 1. The topological polar surface area (TPSA) is 75.6 Å². The van der Waals surface area contributed by atoms with Crippen LogP contribution in [-0.4, -0.2) is 29.6 Å². The number of nitrogens with one attached hydrogen (secondary N) is 1. The number of methoxy groups -OCH3 is 1. The minimum absolute atomic E-state index is 0.0772. The maximum Gasteiger partial charge on any atom is 0.303 e. The van der Waals surface area contributed by atoms with Crippen LogP contribution in [0.25, 0.3) is 11.1 Å². The van der Waals surface area contributed by atoms with Crippen molar-refractivity contribution in [1.29, 1.82) is 0 Å². The Balaban J connectivity index is 2.15. The van der Waals surface area contributed by atoms with E-state index in [4.69, 9.17) is 9.84 Å². The maximum absolute atomic E-state index is 14.4. The fourth-order valence-corrected chi connectivity index (χ4v) is 2.52. The highest BCUT2D eigenvalue weighted by atomic mass is 19.1. The molecule has 1 amide bonds. The van der Waals surface area contributed by atoms with E-state index in [1.54, 1.807) is 39.2 Å². The Bertz CT molecular complexity index is 800. The number of benzene rings is 2. The van der Waals surface area contributed by atoms with Gasteiger partial charge in [-0.1, -0.05) is 18.2 Å². The lowest BCUT2D eigenvalue weighted by Crippen LogP contribution is -2.44. The van der Waals surface area contributed by atoms with Crippen LogP contribution < -0.4 is 10.1 Å². The number of hydrogen-bond donors (Lipinski definition) is 2. The first-order chi connectivity index (χ1) is 12.2. The number of hydrogen-bond acceptors (Lipinski definition) is 3. The predicted molar refractivity (Wildman–Crippen MR) is 96.8 cm³/mol. The average molecular weight is 359 g/mol. The molecule has 0 atom stereocenters. The Hall–Kier alpha value is -2.89. The molecule has 0 aliphatic heterocycles. The van der Waals surface area contributed by atoms with E-state index in [0.717, 1.165) is 5.56 Å². The van der Waals surface area contributed by atoms with Crippen molar-refractivity contribution >= 4 is 11.9 Å². The molecule has 2 N–H and O–H groups in total. The second-order valence-electron chi connectivity index (χ2n) is 6.65. The zero-order valence-electron chi connectivity index (χ0n) is 15.0. The molecule has 0 bridgehead atoms. The summed E-state index contributed by atoms with van der Waals surface area (Å²) in [6, 6.07) is 11.6. The summed E-state index contributed by atoms with van der Waals surface area (Å²) in [5, 5.41) is 11.4. The fourth-order valence-electron chi connectivity index (χ4n) is 2.52. The van der Waals surface area contributed by atoms with Crippen LogP contribution in [0.1, 0.15) is 37.0 Å². The van der Waals surface area contributed by atoms with Crippen molar-refractivity contribution in [1.82, 2.24) is 5.32 Å². The van der Waals surface area contributed by atoms with Gasteiger partial charge in [0.1, 0.15) is 11.6 Å². The minimum atomic E-state index is -0.942. The summed E-state index contributed by atoms with van der Waals surface area (Å²) in [5.74, 6) is -1.44. The summed E-state index contributed by atoms with van der Waals surface area (Å²) in [4.78, 5) is 23.0. The number of carboxylic acid groups (broad SMARTS) is 1. The SMILES string of the molecule is COc1ccc(-c2ccc(C(=O)NC(C)(C)CCC(=O)O)c(F)c2)cc1. The van der Waals surface area contributed by atoms with Gasteiger partial charge in [-0.25, -0.2) is 4.39 Å². The number of carboxylic acids is 1. The zero-order valence-corrected chi connectivity index (χ0v) is 15.0. The quantitative estimate of drug-likeness (QED) is 0.787. The second-order valence-corrected chi connectivity index (χ2v) is 6.65. The highest BCUT2D eigenvalue weighted by Crippen LogP contribution is 2.24. The van der Waals surface area contributed by atoms with Crippen LogP contribution in [0, 0.1) is 5.82 Å². The van der Waals surface area contributed by atoms with Crippen molar-refractivity contribution < 1.29 is 23.8 Å². The Morgan fingerprint density at radius 3 is 2.27 bits per heavy atom. The lowest BCUT2D eigenvalue weighted by molar-refractivity contribution is -0.137. The van der Waals surface area contributed by atoms with E-state index in [0.29, 0.717) is 11.3 Å². The largest absolute Gasteiger partial charge is 0.497 e. The maximum atomic E-state index is 14.4.